The van der Waals surface area contributed by atoms with Crippen molar-refractivity contribution in [1.29, 1.82) is 0 Å². The quantitative estimate of drug-likeness (QED) is 0.667. The first-order valence-corrected chi connectivity index (χ1v) is 5.05. The van der Waals surface area contributed by atoms with Crippen molar-refractivity contribution in [2.45, 2.75) is 25.1 Å². The van der Waals surface area contributed by atoms with E-state index in [0.29, 0.717) is 6.07 Å². The van der Waals surface area contributed by atoms with Crippen LogP contribution in [-0.2, 0) is 10.7 Å². The Hall–Kier alpha value is -1.73. The van der Waals surface area contributed by atoms with Gasteiger partial charge in [-0.25, -0.2) is 4.39 Å². The van der Waals surface area contributed by atoms with Gasteiger partial charge < -0.3 is 5.32 Å². The van der Waals surface area contributed by atoms with Gasteiger partial charge in [0, 0.05) is 11.1 Å². The summed E-state index contributed by atoms with van der Waals surface area (Å²) in [5, 5.41) is 2.16. The van der Waals surface area contributed by atoms with Crippen LogP contribution in [0.1, 0.15) is 24.1 Å². The van der Waals surface area contributed by atoms with Crippen LogP contribution in [0.2, 0.25) is 0 Å². The minimum absolute atomic E-state index is 0.117. The van der Waals surface area contributed by atoms with Crippen molar-refractivity contribution >= 4 is 6.41 Å². The van der Waals surface area contributed by atoms with Gasteiger partial charge >= 0.3 is 12.1 Å². The summed E-state index contributed by atoms with van der Waals surface area (Å²) in [5.74, 6) is -6.38. The number of nitrogens with one attached hydrogen (secondary N) is 1. The lowest BCUT2D eigenvalue weighted by molar-refractivity contribution is -0.289. The first-order chi connectivity index (χ1) is 8.61. The second kappa shape index (κ2) is 5.10. The van der Waals surface area contributed by atoms with Gasteiger partial charge in [0.05, 0.1) is 6.04 Å². The maximum atomic E-state index is 13.5. The largest absolute Gasteiger partial charge is 0.458 e. The predicted octanol–water partition coefficient (Wildman–Crippen LogP) is 3.29. The van der Waals surface area contributed by atoms with Crippen molar-refractivity contribution in [2.24, 2.45) is 0 Å². The van der Waals surface area contributed by atoms with Gasteiger partial charge in [-0.05, 0) is 13.0 Å². The molecule has 0 saturated heterocycles. The monoisotopic (exact) mass is 285 g/mol. The molecule has 19 heavy (non-hydrogen) atoms. The minimum atomic E-state index is -5.80. The summed E-state index contributed by atoms with van der Waals surface area (Å²) >= 11 is 0. The average molecular weight is 285 g/mol. The Labute approximate surface area is 104 Å². The highest BCUT2D eigenvalue weighted by Crippen LogP contribution is 2.44. The second-order valence-corrected chi connectivity index (χ2v) is 3.81. The molecule has 0 aliphatic rings. The summed E-state index contributed by atoms with van der Waals surface area (Å²) < 4.78 is 75.7. The van der Waals surface area contributed by atoms with E-state index in [9.17, 15) is 31.1 Å². The van der Waals surface area contributed by atoms with Gasteiger partial charge in [-0.15, -0.1) is 0 Å². The summed E-state index contributed by atoms with van der Waals surface area (Å²) in [4.78, 5) is 10.2. The summed E-state index contributed by atoms with van der Waals surface area (Å²) in [5.41, 5.74) is -1.67. The Morgan fingerprint density at radius 3 is 2.21 bits per heavy atom. The van der Waals surface area contributed by atoms with E-state index in [1.54, 1.807) is 0 Å². The Kier molecular flexibility index (Phi) is 4.12. The SMILES string of the molecule is CC(NC=O)c1ccc(C(F)(F)C(F)(F)F)cc1F. The Bertz CT molecular complexity index is 471. The summed E-state index contributed by atoms with van der Waals surface area (Å²) in [6, 6.07) is 0.540. The maximum Gasteiger partial charge on any atom is 0.458 e. The van der Waals surface area contributed by atoms with Crippen molar-refractivity contribution in [3.05, 3.63) is 35.1 Å². The van der Waals surface area contributed by atoms with Gasteiger partial charge in [-0.3, -0.25) is 4.79 Å². The van der Waals surface area contributed by atoms with Crippen LogP contribution in [-0.4, -0.2) is 12.6 Å². The zero-order valence-corrected chi connectivity index (χ0v) is 9.56. The molecule has 0 bridgehead atoms. The number of hydrogen-bond donors (Lipinski definition) is 1. The minimum Gasteiger partial charge on any atom is -0.352 e. The molecule has 1 amide bonds. The van der Waals surface area contributed by atoms with Crippen molar-refractivity contribution in [3.63, 3.8) is 0 Å². The fourth-order valence-corrected chi connectivity index (χ4v) is 1.43. The van der Waals surface area contributed by atoms with Crippen LogP contribution in [0.5, 0.6) is 0 Å². The number of carbonyl (C=O) groups is 1. The third-order valence-corrected chi connectivity index (χ3v) is 2.50. The topological polar surface area (TPSA) is 29.1 Å². The lowest BCUT2D eigenvalue weighted by atomic mass is 10.0. The Morgan fingerprint density at radius 2 is 1.79 bits per heavy atom. The molecule has 1 N–H and O–H groups in total. The normalized spacial score (nSPS) is 14.1. The molecule has 0 aromatic heterocycles. The Morgan fingerprint density at radius 1 is 1.21 bits per heavy atom. The summed E-state index contributed by atoms with van der Waals surface area (Å²) in [7, 11) is 0. The van der Waals surface area contributed by atoms with Gasteiger partial charge in [0.25, 0.3) is 0 Å². The molecule has 0 fully saturated rings. The van der Waals surface area contributed by atoms with Gasteiger partial charge in [-0.1, -0.05) is 12.1 Å². The number of rotatable bonds is 4. The van der Waals surface area contributed by atoms with Crippen LogP contribution in [0.4, 0.5) is 26.3 Å². The van der Waals surface area contributed by atoms with Crippen LogP contribution in [0.3, 0.4) is 0 Å². The highest BCUT2D eigenvalue weighted by molar-refractivity contribution is 5.47. The number of benzene rings is 1. The lowest BCUT2D eigenvalue weighted by Crippen LogP contribution is -2.33. The summed E-state index contributed by atoms with van der Waals surface area (Å²) in [6.07, 6.45) is -5.53. The second-order valence-electron chi connectivity index (χ2n) is 3.81. The van der Waals surface area contributed by atoms with E-state index in [4.69, 9.17) is 0 Å². The molecule has 1 atom stereocenters. The molecule has 1 rings (SSSR count). The summed E-state index contributed by atoms with van der Waals surface area (Å²) in [6.45, 7) is 1.36. The molecule has 0 aliphatic carbocycles. The molecule has 2 nitrogen and oxygen atoms in total. The van der Waals surface area contributed by atoms with Crippen molar-refractivity contribution in [2.75, 3.05) is 0 Å². The van der Waals surface area contributed by atoms with Crippen LogP contribution in [0.15, 0.2) is 18.2 Å². The van der Waals surface area contributed by atoms with E-state index >= 15 is 0 Å². The molecule has 8 heteroatoms. The van der Waals surface area contributed by atoms with Crippen molar-refractivity contribution < 1.29 is 31.1 Å². The number of hydrogen-bond acceptors (Lipinski definition) is 1. The molecule has 0 radical (unpaired) electrons. The highest BCUT2D eigenvalue weighted by Gasteiger charge is 2.58. The fourth-order valence-electron chi connectivity index (χ4n) is 1.43. The molecule has 0 spiro atoms. The molecular formula is C11H9F6NO. The smallest absolute Gasteiger partial charge is 0.352 e. The maximum absolute atomic E-state index is 13.5. The van der Waals surface area contributed by atoms with E-state index in [1.807, 2.05) is 0 Å². The first-order valence-electron chi connectivity index (χ1n) is 5.05. The van der Waals surface area contributed by atoms with E-state index in [1.165, 1.54) is 6.92 Å². The van der Waals surface area contributed by atoms with Crippen LogP contribution in [0, 0.1) is 5.82 Å². The standard InChI is InChI=1S/C11H9F6NO/c1-6(18-5-19)8-3-2-7(4-9(8)12)10(13,14)11(15,16)17/h2-6H,1H3,(H,18,19). The van der Waals surface area contributed by atoms with E-state index in [-0.39, 0.29) is 18.0 Å². The van der Waals surface area contributed by atoms with Gasteiger partial charge in [0.2, 0.25) is 6.41 Å². The molecule has 1 aromatic rings. The zero-order chi connectivity index (χ0) is 14.8. The van der Waals surface area contributed by atoms with E-state index in [0.717, 1.165) is 6.07 Å². The number of carbonyl (C=O) groups excluding carboxylic acids is 1. The lowest BCUT2D eigenvalue weighted by Gasteiger charge is -2.21. The molecular weight excluding hydrogens is 276 g/mol. The van der Waals surface area contributed by atoms with E-state index in [2.05, 4.69) is 5.32 Å². The Balaban J connectivity index is 3.17. The van der Waals surface area contributed by atoms with Crippen molar-refractivity contribution in [3.8, 4) is 0 Å². The molecule has 1 unspecified atom stereocenters. The van der Waals surface area contributed by atoms with Crippen LogP contribution >= 0.6 is 0 Å². The average Bonchev–Trinajstić information content (AvgIpc) is 2.27. The van der Waals surface area contributed by atoms with Crippen LogP contribution < -0.4 is 5.32 Å². The predicted molar refractivity (Wildman–Crippen MR) is 54.0 cm³/mol. The molecule has 0 heterocycles. The first kappa shape index (κ1) is 15.3. The van der Waals surface area contributed by atoms with Gasteiger partial charge in [-0.2, -0.15) is 22.0 Å². The van der Waals surface area contributed by atoms with Gasteiger partial charge in [0.1, 0.15) is 5.82 Å². The van der Waals surface area contributed by atoms with Gasteiger partial charge in [0.15, 0.2) is 0 Å². The fraction of sp³-hybridized carbons (Fsp3) is 0.364. The third-order valence-electron chi connectivity index (χ3n) is 2.50. The van der Waals surface area contributed by atoms with E-state index < -0.39 is 29.5 Å². The number of halogens is 6. The highest BCUT2D eigenvalue weighted by atomic mass is 19.4. The van der Waals surface area contributed by atoms with Crippen molar-refractivity contribution in [1.82, 2.24) is 5.32 Å². The number of amides is 1. The molecule has 0 aliphatic heterocycles. The number of alkyl halides is 5. The molecule has 0 saturated carbocycles. The molecule has 106 valence electrons. The van der Waals surface area contributed by atoms with Crippen LogP contribution in [0.25, 0.3) is 0 Å². The zero-order valence-electron chi connectivity index (χ0n) is 9.56. The third kappa shape index (κ3) is 2.99. The molecule has 1 aromatic carbocycles.